The summed E-state index contributed by atoms with van der Waals surface area (Å²) >= 11 is 0. The van der Waals surface area contributed by atoms with Crippen molar-refractivity contribution in [3.63, 3.8) is 0 Å². The predicted molar refractivity (Wildman–Crippen MR) is 57.7 cm³/mol. The molecule has 0 aliphatic heterocycles. The van der Waals surface area contributed by atoms with Crippen LogP contribution in [0.5, 0.6) is 5.75 Å². The first-order chi connectivity index (χ1) is 7.26. The van der Waals surface area contributed by atoms with Crippen LogP contribution in [0.2, 0.25) is 0 Å². The first-order valence-electron chi connectivity index (χ1n) is 5.00. The van der Waals surface area contributed by atoms with Crippen LogP contribution in [0.3, 0.4) is 0 Å². The third-order valence-corrected chi connectivity index (χ3v) is 1.86. The van der Waals surface area contributed by atoms with E-state index in [0.29, 0.717) is 24.5 Å². The van der Waals surface area contributed by atoms with Crippen molar-refractivity contribution in [2.45, 2.75) is 20.0 Å². The molecular formula is C12H15NO2. The van der Waals surface area contributed by atoms with Gasteiger partial charge in [0.15, 0.2) is 0 Å². The highest BCUT2D eigenvalue weighted by molar-refractivity contribution is 5.36. The van der Waals surface area contributed by atoms with Crippen molar-refractivity contribution in [3.8, 4) is 11.8 Å². The molecule has 0 N–H and O–H groups in total. The Morgan fingerprint density at radius 3 is 2.93 bits per heavy atom. The van der Waals surface area contributed by atoms with Gasteiger partial charge in [-0.25, -0.2) is 0 Å². The molecule has 0 amide bonds. The van der Waals surface area contributed by atoms with Gasteiger partial charge in [0.25, 0.3) is 0 Å². The van der Waals surface area contributed by atoms with Gasteiger partial charge >= 0.3 is 0 Å². The topological polar surface area (TPSA) is 42.2 Å². The maximum absolute atomic E-state index is 8.71. The zero-order valence-corrected chi connectivity index (χ0v) is 9.06. The van der Waals surface area contributed by atoms with Gasteiger partial charge < -0.3 is 9.47 Å². The molecule has 1 unspecified atom stereocenters. The summed E-state index contributed by atoms with van der Waals surface area (Å²) in [6.07, 6.45) is -0.00103. The lowest BCUT2D eigenvalue weighted by Gasteiger charge is -2.14. The molecule has 1 rings (SSSR count). The molecule has 0 saturated heterocycles. The molecule has 1 aromatic rings. The second-order valence-electron chi connectivity index (χ2n) is 3.23. The molecule has 0 aromatic heterocycles. The van der Waals surface area contributed by atoms with Gasteiger partial charge in [0.05, 0.1) is 18.2 Å². The summed E-state index contributed by atoms with van der Waals surface area (Å²) in [6.45, 7) is 5.14. The van der Waals surface area contributed by atoms with Crippen LogP contribution < -0.4 is 4.74 Å². The lowest BCUT2D eigenvalue weighted by molar-refractivity contribution is 0.0657. The van der Waals surface area contributed by atoms with E-state index in [-0.39, 0.29) is 6.10 Å². The Bertz CT molecular complexity index is 344. The van der Waals surface area contributed by atoms with E-state index in [2.05, 4.69) is 6.07 Å². The minimum Gasteiger partial charge on any atom is -0.488 e. The van der Waals surface area contributed by atoms with E-state index in [1.165, 1.54) is 0 Å². The molecule has 1 atom stereocenters. The molecule has 0 radical (unpaired) electrons. The summed E-state index contributed by atoms with van der Waals surface area (Å²) in [7, 11) is 0. The van der Waals surface area contributed by atoms with Crippen LogP contribution in [-0.2, 0) is 4.74 Å². The molecule has 0 spiro atoms. The number of nitriles is 1. The summed E-state index contributed by atoms with van der Waals surface area (Å²) in [5.74, 6) is 0.709. The van der Waals surface area contributed by atoms with Gasteiger partial charge in [-0.15, -0.1) is 0 Å². The molecule has 15 heavy (non-hydrogen) atoms. The molecule has 0 fully saturated rings. The number of benzene rings is 1. The predicted octanol–water partition coefficient (Wildman–Crippen LogP) is 2.36. The van der Waals surface area contributed by atoms with Gasteiger partial charge in [0.2, 0.25) is 0 Å². The molecule has 1 aromatic carbocycles. The standard InChI is InChI=1S/C12H15NO2/c1-3-14-9-10(2)15-12-6-4-5-11(7-12)8-13/h4-7,10H,3,9H2,1-2H3. The van der Waals surface area contributed by atoms with Crippen molar-refractivity contribution in [3.05, 3.63) is 29.8 Å². The molecule has 3 nitrogen and oxygen atoms in total. The quantitative estimate of drug-likeness (QED) is 0.741. The second-order valence-corrected chi connectivity index (χ2v) is 3.23. The van der Waals surface area contributed by atoms with Crippen LogP contribution in [0.15, 0.2) is 24.3 Å². The lowest BCUT2D eigenvalue weighted by Crippen LogP contribution is -2.19. The summed E-state index contributed by atoms with van der Waals surface area (Å²) < 4.78 is 10.8. The molecule has 0 aliphatic rings. The summed E-state index contributed by atoms with van der Waals surface area (Å²) in [4.78, 5) is 0. The number of nitrogens with zero attached hydrogens (tertiary/aromatic N) is 1. The summed E-state index contributed by atoms with van der Waals surface area (Å²) in [5.41, 5.74) is 0.608. The van der Waals surface area contributed by atoms with E-state index in [9.17, 15) is 0 Å². The number of hydrogen-bond acceptors (Lipinski definition) is 3. The van der Waals surface area contributed by atoms with E-state index in [0.717, 1.165) is 0 Å². The van der Waals surface area contributed by atoms with E-state index in [1.54, 1.807) is 18.2 Å². The smallest absolute Gasteiger partial charge is 0.121 e. The van der Waals surface area contributed by atoms with Crippen LogP contribution in [0.25, 0.3) is 0 Å². The van der Waals surface area contributed by atoms with Gasteiger partial charge in [-0.1, -0.05) is 6.07 Å². The van der Waals surface area contributed by atoms with Gasteiger partial charge in [-0.3, -0.25) is 0 Å². The van der Waals surface area contributed by atoms with Crippen molar-refractivity contribution in [2.75, 3.05) is 13.2 Å². The molecule has 3 heteroatoms. The van der Waals surface area contributed by atoms with Crippen molar-refractivity contribution >= 4 is 0 Å². The highest BCUT2D eigenvalue weighted by Crippen LogP contribution is 2.14. The largest absolute Gasteiger partial charge is 0.488 e. The Balaban J connectivity index is 2.53. The molecule has 80 valence electrons. The Morgan fingerprint density at radius 2 is 2.27 bits per heavy atom. The zero-order chi connectivity index (χ0) is 11.1. The maximum atomic E-state index is 8.71. The number of hydrogen-bond donors (Lipinski definition) is 0. The molecule has 0 bridgehead atoms. The highest BCUT2D eigenvalue weighted by Gasteiger charge is 2.03. The fraction of sp³-hybridized carbons (Fsp3) is 0.417. The Hall–Kier alpha value is -1.53. The average molecular weight is 205 g/mol. The van der Waals surface area contributed by atoms with Crippen LogP contribution >= 0.6 is 0 Å². The van der Waals surface area contributed by atoms with E-state index >= 15 is 0 Å². The van der Waals surface area contributed by atoms with Crippen molar-refractivity contribution in [1.82, 2.24) is 0 Å². The molecule has 0 aliphatic carbocycles. The fourth-order valence-electron chi connectivity index (χ4n) is 1.19. The van der Waals surface area contributed by atoms with Crippen LogP contribution in [0.1, 0.15) is 19.4 Å². The first-order valence-corrected chi connectivity index (χ1v) is 5.00. The van der Waals surface area contributed by atoms with E-state index in [4.69, 9.17) is 14.7 Å². The van der Waals surface area contributed by atoms with Crippen molar-refractivity contribution < 1.29 is 9.47 Å². The first kappa shape index (κ1) is 11.5. The lowest BCUT2D eigenvalue weighted by atomic mass is 10.2. The van der Waals surface area contributed by atoms with Crippen molar-refractivity contribution in [2.24, 2.45) is 0 Å². The summed E-state index contributed by atoms with van der Waals surface area (Å²) in [6, 6.07) is 9.19. The third-order valence-electron chi connectivity index (χ3n) is 1.86. The highest BCUT2D eigenvalue weighted by atomic mass is 16.5. The van der Waals surface area contributed by atoms with E-state index in [1.807, 2.05) is 19.9 Å². The normalized spacial score (nSPS) is 11.8. The maximum Gasteiger partial charge on any atom is 0.121 e. The van der Waals surface area contributed by atoms with Gasteiger partial charge in [-0.05, 0) is 32.0 Å². The van der Waals surface area contributed by atoms with Crippen LogP contribution in [-0.4, -0.2) is 19.3 Å². The zero-order valence-electron chi connectivity index (χ0n) is 9.06. The molecular weight excluding hydrogens is 190 g/mol. The molecule has 0 saturated carbocycles. The van der Waals surface area contributed by atoms with Crippen molar-refractivity contribution in [1.29, 1.82) is 5.26 Å². The average Bonchev–Trinajstić information content (AvgIpc) is 2.26. The van der Waals surface area contributed by atoms with Crippen LogP contribution in [0.4, 0.5) is 0 Å². The monoisotopic (exact) mass is 205 g/mol. The fourth-order valence-corrected chi connectivity index (χ4v) is 1.19. The minimum absolute atomic E-state index is 0.00103. The number of ether oxygens (including phenoxy) is 2. The second kappa shape index (κ2) is 6.05. The number of rotatable bonds is 5. The minimum atomic E-state index is -0.00103. The van der Waals surface area contributed by atoms with Gasteiger partial charge in [0, 0.05) is 6.61 Å². The van der Waals surface area contributed by atoms with Gasteiger partial charge in [0.1, 0.15) is 11.9 Å². The van der Waals surface area contributed by atoms with E-state index < -0.39 is 0 Å². The Kier molecular flexibility index (Phi) is 4.65. The Labute approximate surface area is 90.2 Å². The van der Waals surface area contributed by atoms with Crippen LogP contribution in [0, 0.1) is 11.3 Å². The third kappa shape index (κ3) is 4.01. The molecule has 0 heterocycles. The SMILES string of the molecule is CCOCC(C)Oc1cccc(C#N)c1. The van der Waals surface area contributed by atoms with Gasteiger partial charge in [-0.2, -0.15) is 5.26 Å². The Morgan fingerprint density at radius 1 is 1.47 bits per heavy atom. The summed E-state index contributed by atoms with van der Waals surface area (Å²) in [5, 5.41) is 8.71.